The Balaban J connectivity index is 2.82. The SMILES string of the molecule is CC(Cl)C(=O)N[C@H](C)[C@H](O)c1ccc(S(C)(=O)=O)cc1. The average molecular weight is 320 g/mol. The molecule has 0 bridgehead atoms. The zero-order valence-corrected chi connectivity index (χ0v) is 13.1. The molecule has 0 saturated carbocycles. The molecule has 20 heavy (non-hydrogen) atoms. The van der Waals surface area contributed by atoms with E-state index >= 15 is 0 Å². The van der Waals surface area contributed by atoms with Gasteiger partial charge in [0.25, 0.3) is 0 Å². The van der Waals surface area contributed by atoms with Gasteiger partial charge < -0.3 is 10.4 Å². The van der Waals surface area contributed by atoms with Crippen molar-refractivity contribution in [3.05, 3.63) is 29.8 Å². The van der Waals surface area contributed by atoms with E-state index < -0.39 is 27.4 Å². The largest absolute Gasteiger partial charge is 0.386 e. The molecule has 0 aromatic heterocycles. The van der Waals surface area contributed by atoms with Crippen molar-refractivity contribution in [1.29, 1.82) is 0 Å². The molecule has 7 heteroatoms. The fourth-order valence-corrected chi connectivity index (χ4v) is 2.31. The lowest BCUT2D eigenvalue weighted by atomic mass is 10.0. The number of carbonyl (C=O) groups excluding carboxylic acids is 1. The van der Waals surface area contributed by atoms with Crippen molar-refractivity contribution in [2.45, 2.75) is 36.3 Å². The van der Waals surface area contributed by atoms with Crippen LogP contribution in [0.2, 0.25) is 0 Å². The summed E-state index contributed by atoms with van der Waals surface area (Å²) in [5, 5.41) is 12.0. The third-order valence-corrected chi connectivity index (χ3v) is 4.18. The molecule has 0 fully saturated rings. The number of benzene rings is 1. The summed E-state index contributed by atoms with van der Waals surface area (Å²) in [4.78, 5) is 11.6. The van der Waals surface area contributed by atoms with E-state index in [1.54, 1.807) is 6.92 Å². The molecule has 0 radical (unpaired) electrons. The summed E-state index contributed by atoms with van der Waals surface area (Å²) in [7, 11) is -3.26. The van der Waals surface area contributed by atoms with Crippen molar-refractivity contribution in [2.24, 2.45) is 0 Å². The van der Waals surface area contributed by atoms with Crippen LogP contribution in [-0.2, 0) is 14.6 Å². The minimum atomic E-state index is -3.26. The normalized spacial score (nSPS) is 16.2. The van der Waals surface area contributed by atoms with Crippen molar-refractivity contribution in [3.8, 4) is 0 Å². The number of alkyl halides is 1. The highest BCUT2D eigenvalue weighted by molar-refractivity contribution is 7.90. The predicted octanol–water partition coefficient (Wildman–Crippen LogP) is 1.26. The van der Waals surface area contributed by atoms with Gasteiger partial charge >= 0.3 is 0 Å². The maximum Gasteiger partial charge on any atom is 0.238 e. The molecule has 1 aromatic carbocycles. The summed E-state index contributed by atoms with van der Waals surface area (Å²) in [5.41, 5.74) is 0.521. The van der Waals surface area contributed by atoms with Crippen molar-refractivity contribution in [1.82, 2.24) is 5.32 Å². The van der Waals surface area contributed by atoms with Gasteiger partial charge in [-0.05, 0) is 31.5 Å². The van der Waals surface area contributed by atoms with E-state index in [0.717, 1.165) is 6.26 Å². The molecular formula is C13H18ClNO4S. The first-order valence-electron chi connectivity index (χ1n) is 6.05. The van der Waals surface area contributed by atoms with Crippen LogP contribution in [0.15, 0.2) is 29.2 Å². The van der Waals surface area contributed by atoms with Crippen LogP contribution in [0.3, 0.4) is 0 Å². The van der Waals surface area contributed by atoms with Crippen molar-refractivity contribution < 1.29 is 18.3 Å². The van der Waals surface area contributed by atoms with Crippen molar-refractivity contribution in [2.75, 3.05) is 6.26 Å². The number of carbonyl (C=O) groups is 1. The molecule has 112 valence electrons. The molecule has 1 amide bonds. The zero-order valence-electron chi connectivity index (χ0n) is 11.5. The summed E-state index contributed by atoms with van der Waals surface area (Å²) < 4.78 is 22.7. The Morgan fingerprint density at radius 3 is 2.15 bits per heavy atom. The van der Waals surface area contributed by atoms with Gasteiger partial charge in [0.2, 0.25) is 5.91 Å². The van der Waals surface area contributed by atoms with Gasteiger partial charge in [0, 0.05) is 6.26 Å². The van der Waals surface area contributed by atoms with Gasteiger partial charge in [0.05, 0.1) is 17.0 Å². The number of nitrogens with one attached hydrogen (secondary N) is 1. The Hall–Kier alpha value is -1.11. The fraction of sp³-hybridized carbons (Fsp3) is 0.462. The molecule has 0 saturated heterocycles. The number of aliphatic hydroxyl groups excluding tert-OH is 1. The van der Waals surface area contributed by atoms with E-state index in [1.807, 2.05) is 0 Å². The Bertz CT molecular complexity index is 569. The van der Waals surface area contributed by atoms with E-state index in [2.05, 4.69) is 5.32 Å². The number of amides is 1. The summed E-state index contributed by atoms with van der Waals surface area (Å²) in [6.07, 6.45) is 0.173. The topological polar surface area (TPSA) is 83.5 Å². The lowest BCUT2D eigenvalue weighted by molar-refractivity contribution is -0.121. The molecule has 3 atom stereocenters. The molecule has 0 aliphatic rings. The zero-order chi connectivity index (χ0) is 15.5. The van der Waals surface area contributed by atoms with Crippen LogP contribution in [0, 0.1) is 0 Å². The van der Waals surface area contributed by atoms with Gasteiger partial charge in [-0.3, -0.25) is 4.79 Å². The van der Waals surface area contributed by atoms with E-state index in [9.17, 15) is 18.3 Å². The molecular weight excluding hydrogens is 302 g/mol. The minimum Gasteiger partial charge on any atom is -0.386 e. The quantitative estimate of drug-likeness (QED) is 0.800. The number of aliphatic hydroxyl groups is 1. The number of rotatable bonds is 5. The maximum absolute atomic E-state index is 11.4. The highest BCUT2D eigenvalue weighted by Gasteiger charge is 2.20. The molecule has 1 unspecified atom stereocenters. The van der Waals surface area contributed by atoms with E-state index in [4.69, 9.17) is 11.6 Å². The van der Waals surface area contributed by atoms with Gasteiger partial charge in [-0.1, -0.05) is 12.1 Å². The summed E-state index contributed by atoms with van der Waals surface area (Å²) in [5.74, 6) is -0.369. The molecule has 1 rings (SSSR count). The van der Waals surface area contributed by atoms with E-state index in [1.165, 1.54) is 31.2 Å². The summed E-state index contributed by atoms with van der Waals surface area (Å²) in [6, 6.07) is 5.36. The first-order chi connectivity index (χ1) is 9.12. The van der Waals surface area contributed by atoms with Crippen LogP contribution in [-0.4, -0.2) is 37.1 Å². The average Bonchev–Trinajstić information content (AvgIpc) is 2.36. The smallest absolute Gasteiger partial charge is 0.238 e. The van der Waals surface area contributed by atoms with Gasteiger partial charge in [-0.15, -0.1) is 11.6 Å². The first kappa shape index (κ1) is 16.9. The van der Waals surface area contributed by atoms with Crippen LogP contribution < -0.4 is 5.32 Å². The Morgan fingerprint density at radius 2 is 1.75 bits per heavy atom. The Kier molecular flexibility index (Phi) is 5.56. The summed E-state index contributed by atoms with van der Waals surface area (Å²) in [6.45, 7) is 3.18. The molecule has 0 aliphatic heterocycles. The minimum absolute atomic E-state index is 0.180. The van der Waals surface area contributed by atoms with Gasteiger partial charge in [-0.25, -0.2) is 8.42 Å². The number of halogens is 1. The molecule has 2 N–H and O–H groups in total. The predicted molar refractivity (Wildman–Crippen MR) is 77.4 cm³/mol. The molecule has 5 nitrogen and oxygen atoms in total. The van der Waals surface area contributed by atoms with Crippen LogP contribution in [0.5, 0.6) is 0 Å². The monoisotopic (exact) mass is 319 g/mol. The number of hydrogen-bond donors (Lipinski definition) is 2. The second-order valence-corrected chi connectivity index (χ2v) is 7.37. The van der Waals surface area contributed by atoms with E-state index in [0.29, 0.717) is 5.56 Å². The number of hydrogen-bond acceptors (Lipinski definition) is 4. The third kappa shape index (κ3) is 4.47. The standard InChI is InChI=1S/C13H18ClNO4S/c1-8(14)13(17)15-9(2)12(16)10-4-6-11(7-5-10)20(3,18)19/h4-9,12,16H,1-3H3,(H,15,17)/t8?,9-,12+/m1/s1. The van der Waals surface area contributed by atoms with Crippen LogP contribution in [0.25, 0.3) is 0 Å². The molecule has 0 aliphatic carbocycles. The molecule has 1 aromatic rings. The van der Waals surface area contributed by atoms with Crippen LogP contribution in [0.1, 0.15) is 25.5 Å². The van der Waals surface area contributed by atoms with Crippen molar-refractivity contribution >= 4 is 27.3 Å². The lowest BCUT2D eigenvalue weighted by Crippen LogP contribution is -2.40. The second kappa shape index (κ2) is 6.56. The van der Waals surface area contributed by atoms with Gasteiger partial charge in [0.15, 0.2) is 9.84 Å². The van der Waals surface area contributed by atoms with Crippen LogP contribution >= 0.6 is 11.6 Å². The molecule has 0 spiro atoms. The van der Waals surface area contributed by atoms with Gasteiger partial charge in [-0.2, -0.15) is 0 Å². The summed E-state index contributed by atoms with van der Waals surface area (Å²) >= 11 is 5.63. The molecule has 0 heterocycles. The maximum atomic E-state index is 11.4. The van der Waals surface area contributed by atoms with Gasteiger partial charge in [0.1, 0.15) is 5.38 Å². The van der Waals surface area contributed by atoms with Crippen LogP contribution in [0.4, 0.5) is 0 Å². The Labute approximate surface area is 123 Å². The fourth-order valence-electron chi connectivity index (χ4n) is 1.62. The van der Waals surface area contributed by atoms with Crippen molar-refractivity contribution in [3.63, 3.8) is 0 Å². The van der Waals surface area contributed by atoms with E-state index in [-0.39, 0.29) is 10.8 Å². The third-order valence-electron chi connectivity index (χ3n) is 2.85. The highest BCUT2D eigenvalue weighted by Crippen LogP contribution is 2.19. The first-order valence-corrected chi connectivity index (χ1v) is 8.38. The lowest BCUT2D eigenvalue weighted by Gasteiger charge is -2.21. The number of sulfone groups is 1. The Morgan fingerprint density at radius 1 is 1.25 bits per heavy atom. The second-order valence-electron chi connectivity index (χ2n) is 4.70. The highest BCUT2D eigenvalue weighted by atomic mass is 35.5.